The fourth-order valence-electron chi connectivity index (χ4n) is 4.95. The van der Waals surface area contributed by atoms with Gasteiger partial charge in [0.2, 0.25) is 0 Å². The Balaban J connectivity index is 1.73. The lowest BCUT2D eigenvalue weighted by Gasteiger charge is -2.36. The van der Waals surface area contributed by atoms with Crippen LogP contribution in [0.4, 0.5) is 0 Å². The molecule has 214 valence electrons. The number of hydrogen-bond acceptors (Lipinski definition) is 5. The zero-order valence-electron chi connectivity index (χ0n) is 24.7. The van der Waals surface area contributed by atoms with Crippen molar-refractivity contribution in [2.45, 2.75) is 142 Å². The Kier molecular flexibility index (Phi) is 17.8. The van der Waals surface area contributed by atoms with Crippen LogP contribution in [0.5, 0.6) is 11.5 Å². The fraction of sp³-hybridized carbons (Fsp3) is 0.812. The predicted molar refractivity (Wildman–Crippen MR) is 156 cm³/mol. The van der Waals surface area contributed by atoms with Gasteiger partial charge in [-0.05, 0) is 39.1 Å². The average Bonchev–Trinajstić information content (AvgIpc) is 2.89. The molecule has 37 heavy (non-hydrogen) atoms. The van der Waals surface area contributed by atoms with Gasteiger partial charge in [0, 0.05) is 19.2 Å². The maximum atomic E-state index is 6.41. The molecule has 0 radical (unpaired) electrons. The van der Waals surface area contributed by atoms with E-state index in [1.165, 1.54) is 103 Å². The third-order valence-corrected chi connectivity index (χ3v) is 7.46. The van der Waals surface area contributed by atoms with E-state index in [0.29, 0.717) is 0 Å². The molecule has 0 N–H and O–H groups in total. The van der Waals surface area contributed by atoms with Crippen molar-refractivity contribution in [3.05, 3.63) is 24.3 Å². The second kappa shape index (κ2) is 20.6. The number of fused-ring (bicyclic) bond motifs is 2. The van der Waals surface area contributed by atoms with Crippen LogP contribution in [0.25, 0.3) is 0 Å². The summed E-state index contributed by atoms with van der Waals surface area (Å²) in [6.45, 7) is 6.46. The van der Waals surface area contributed by atoms with E-state index < -0.39 is 12.8 Å². The van der Waals surface area contributed by atoms with E-state index in [2.05, 4.69) is 37.7 Å². The average molecular weight is 519 g/mol. The highest BCUT2D eigenvalue weighted by atomic mass is 16.8. The van der Waals surface area contributed by atoms with Crippen LogP contribution in [0.3, 0.4) is 0 Å². The highest BCUT2D eigenvalue weighted by Gasteiger charge is 2.28. The number of benzene rings is 1. The zero-order valence-corrected chi connectivity index (χ0v) is 24.7. The van der Waals surface area contributed by atoms with E-state index in [1.54, 1.807) is 0 Å². The van der Waals surface area contributed by atoms with Crippen LogP contribution in [0.2, 0.25) is 0 Å². The summed E-state index contributed by atoms with van der Waals surface area (Å²) >= 11 is 0. The van der Waals surface area contributed by atoms with Crippen LogP contribution < -0.4 is 9.47 Å². The van der Waals surface area contributed by atoms with E-state index in [0.717, 1.165) is 37.4 Å². The molecule has 5 nitrogen and oxygen atoms in total. The van der Waals surface area contributed by atoms with Crippen molar-refractivity contribution in [1.29, 1.82) is 0 Å². The Bertz CT molecular complexity index is 620. The molecule has 1 aliphatic rings. The van der Waals surface area contributed by atoms with Gasteiger partial charge in [0.15, 0.2) is 0 Å². The minimum absolute atomic E-state index is 0.458. The van der Waals surface area contributed by atoms with E-state index in [4.69, 9.17) is 14.2 Å². The fourth-order valence-corrected chi connectivity index (χ4v) is 4.95. The zero-order chi connectivity index (χ0) is 26.6. The van der Waals surface area contributed by atoms with Gasteiger partial charge in [-0.1, -0.05) is 123 Å². The summed E-state index contributed by atoms with van der Waals surface area (Å²) in [6, 6.07) is 7.91. The molecule has 0 spiro atoms. The van der Waals surface area contributed by atoms with Crippen LogP contribution in [-0.2, 0) is 4.74 Å². The Morgan fingerprint density at radius 2 is 0.892 bits per heavy atom. The molecular formula is C32H58N2O3. The molecule has 1 heterocycles. The quantitative estimate of drug-likeness (QED) is 0.143. The van der Waals surface area contributed by atoms with Crippen LogP contribution in [0, 0.1) is 0 Å². The molecule has 0 aliphatic carbocycles. The van der Waals surface area contributed by atoms with Gasteiger partial charge in [-0.25, -0.2) is 9.80 Å². The first-order valence-electron chi connectivity index (χ1n) is 15.6. The van der Waals surface area contributed by atoms with Gasteiger partial charge in [-0.15, -0.1) is 0 Å². The largest absolute Gasteiger partial charge is 0.451 e. The highest BCUT2D eigenvalue weighted by Crippen LogP contribution is 2.27. The number of ether oxygens (including phenoxy) is 3. The first-order valence-corrected chi connectivity index (χ1v) is 15.6. The summed E-state index contributed by atoms with van der Waals surface area (Å²) in [7, 11) is 4.19. The normalized spacial score (nSPS) is 17.5. The van der Waals surface area contributed by atoms with Crippen molar-refractivity contribution in [2.24, 2.45) is 0 Å². The third-order valence-electron chi connectivity index (χ3n) is 7.46. The van der Waals surface area contributed by atoms with Crippen molar-refractivity contribution >= 4 is 0 Å². The Hall–Kier alpha value is -1.30. The minimum Gasteiger partial charge on any atom is -0.451 e. The SMILES string of the molecule is CCCCCCCCCCCN(C)C1Oc2cccc(c2)OC(N(C)CCCCCCCCCCC)O1. The van der Waals surface area contributed by atoms with Gasteiger partial charge in [0.25, 0.3) is 12.8 Å². The summed E-state index contributed by atoms with van der Waals surface area (Å²) in [6.07, 6.45) is 23.0. The Morgan fingerprint density at radius 1 is 0.541 bits per heavy atom. The van der Waals surface area contributed by atoms with Gasteiger partial charge < -0.3 is 9.47 Å². The molecule has 0 saturated heterocycles. The van der Waals surface area contributed by atoms with Gasteiger partial charge in [0.05, 0.1) is 0 Å². The lowest BCUT2D eigenvalue weighted by Crippen LogP contribution is -2.49. The highest BCUT2D eigenvalue weighted by molar-refractivity contribution is 5.33. The lowest BCUT2D eigenvalue weighted by molar-refractivity contribution is -0.282. The van der Waals surface area contributed by atoms with Gasteiger partial charge in [-0.2, -0.15) is 0 Å². The minimum atomic E-state index is -0.458. The molecule has 0 fully saturated rings. The van der Waals surface area contributed by atoms with Crippen molar-refractivity contribution in [1.82, 2.24) is 9.80 Å². The number of rotatable bonds is 22. The molecule has 1 aromatic carbocycles. The number of hydrogen-bond donors (Lipinski definition) is 0. The van der Waals surface area contributed by atoms with E-state index in [1.807, 2.05) is 24.3 Å². The summed E-state index contributed by atoms with van der Waals surface area (Å²) in [5.74, 6) is 1.59. The lowest BCUT2D eigenvalue weighted by atomic mass is 10.1. The molecule has 0 saturated carbocycles. The van der Waals surface area contributed by atoms with E-state index >= 15 is 0 Å². The molecule has 2 unspecified atom stereocenters. The van der Waals surface area contributed by atoms with Crippen LogP contribution in [0.15, 0.2) is 24.3 Å². The summed E-state index contributed by atoms with van der Waals surface area (Å²) in [4.78, 5) is 4.37. The Morgan fingerprint density at radius 3 is 1.27 bits per heavy atom. The van der Waals surface area contributed by atoms with Crippen molar-refractivity contribution in [3.8, 4) is 11.5 Å². The first-order chi connectivity index (χ1) is 18.1. The standard InChI is InChI=1S/C32H58N2O3/c1-5-7-9-11-13-15-17-19-21-26-33(3)31-35-29-24-23-25-30(28-29)36-32(37-31)34(4)27-22-20-18-16-14-12-10-8-6-2/h23-25,28,31-32H,5-22,26-27H2,1-4H3. The first kappa shape index (κ1) is 31.9. The summed E-state index contributed by atoms with van der Waals surface area (Å²) in [5, 5.41) is 0. The second-order valence-corrected chi connectivity index (χ2v) is 11.1. The van der Waals surface area contributed by atoms with E-state index in [9.17, 15) is 0 Å². The van der Waals surface area contributed by atoms with Crippen molar-refractivity contribution in [3.63, 3.8) is 0 Å². The second-order valence-electron chi connectivity index (χ2n) is 11.1. The third kappa shape index (κ3) is 14.4. The Labute approximate surface area is 229 Å². The van der Waals surface area contributed by atoms with E-state index in [-0.39, 0.29) is 0 Å². The molecule has 2 rings (SSSR count). The molecule has 1 aliphatic heterocycles. The molecule has 0 amide bonds. The van der Waals surface area contributed by atoms with Crippen LogP contribution >= 0.6 is 0 Å². The molecule has 1 aromatic rings. The molecule has 2 bridgehead atoms. The van der Waals surface area contributed by atoms with Crippen LogP contribution in [-0.4, -0.2) is 49.8 Å². The smallest absolute Gasteiger partial charge is 0.265 e. The van der Waals surface area contributed by atoms with Gasteiger partial charge in [0.1, 0.15) is 11.5 Å². The molecule has 5 heteroatoms. The van der Waals surface area contributed by atoms with Crippen molar-refractivity contribution in [2.75, 3.05) is 27.2 Å². The molecule has 0 aromatic heterocycles. The maximum Gasteiger partial charge on any atom is 0.265 e. The number of unbranched alkanes of at least 4 members (excludes halogenated alkanes) is 16. The molecule has 2 atom stereocenters. The van der Waals surface area contributed by atoms with Gasteiger partial charge >= 0.3 is 0 Å². The van der Waals surface area contributed by atoms with Gasteiger partial charge in [-0.3, -0.25) is 4.74 Å². The molecular weight excluding hydrogens is 460 g/mol. The maximum absolute atomic E-state index is 6.41. The monoisotopic (exact) mass is 518 g/mol. The summed E-state index contributed by atoms with van der Waals surface area (Å²) < 4.78 is 18.9. The van der Waals surface area contributed by atoms with Crippen molar-refractivity contribution < 1.29 is 14.2 Å². The number of nitrogens with zero attached hydrogens (tertiary/aromatic N) is 2. The summed E-state index contributed by atoms with van der Waals surface area (Å²) in [5.41, 5.74) is 0. The topological polar surface area (TPSA) is 34.2 Å². The van der Waals surface area contributed by atoms with Crippen LogP contribution in [0.1, 0.15) is 129 Å². The predicted octanol–water partition coefficient (Wildman–Crippen LogP) is 8.97.